The Balaban J connectivity index is 2.42. The molecule has 0 radical (unpaired) electrons. The number of nitrogens with one attached hydrogen (secondary N) is 1. The number of benzene rings is 1. The lowest BCUT2D eigenvalue weighted by Crippen LogP contribution is -2.16. The van der Waals surface area contributed by atoms with E-state index in [9.17, 15) is 0 Å². The van der Waals surface area contributed by atoms with Gasteiger partial charge in [-0.25, -0.2) is 9.97 Å². The average molecular weight is 331 g/mol. The molecule has 1 aromatic heterocycles. The van der Waals surface area contributed by atoms with Crippen LogP contribution in [0, 0.1) is 0 Å². The fraction of sp³-hybridized carbons (Fsp3) is 0.286. The van der Waals surface area contributed by atoms with Crippen molar-refractivity contribution in [2.45, 2.75) is 26.2 Å². The molecule has 0 saturated heterocycles. The summed E-state index contributed by atoms with van der Waals surface area (Å²) in [6.07, 6.45) is 0. The number of para-hydroxylation sites is 1. The molecule has 0 fully saturated rings. The van der Waals surface area contributed by atoms with E-state index in [0.29, 0.717) is 32.5 Å². The Bertz CT molecular complexity index is 616. The van der Waals surface area contributed by atoms with Crippen LogP contribution in [0.2, 0.25) is 15.2 Å². The van der Waals surface area contributed by atoms with Gasteiger partial charge in [0.1, 0.15) is 16.8 Å². The van der Waals surface area contributed by atoms with E-state index in [1.807, 2.05) is 20.8 Å². The maximum atomic E-state index is 6.13. The molecule has 1 N–H and O–H groups in total. The molecule has 0 saturated carbocycles. The molecule has 2 rings (SSSR count). The summed E-state index contributed by atoms with van der Waals surface area (Å²) in [7, 11) is 0. The van der Waals surface area contributed by atoms with Crippen LogP contribution in [0.3, 0.4) is 0 Å². The van der Waals surface area contributed by atoms with Crippen LogP contribution < -0.4 is 5.32 Å². The molecule has 0 atom stereocenters. The molecule has 1 aromatic carbocycles. The van der Waals surface area contributed by atoms with Crippen LogP contribution in [0.1, 0.15) is 26.6 Å². The molecule has 2 aromatic rings. The zero-order valence-electron chi connectivity index (χ0n) is 11.3. The van der Waals surface area contributed by atoms with E-state index >= 15 is 0 Å². The van der Waals surface area contributed by atoms with E-state index in [4.69, 9.17) is 34.8 Å². The van der Waals surface area contributed by atoms with Crippen LogP contribution in [0.25, 0.3) is 0 Å². The highest BCUT2D eigenvalue weighted by Gasteiger charge is 2.19. The van der Waals surface area contributed by atoms with Gasteiger partial charge in [-0.1, -0.05) is 61.6 Å². The normalized spacial score (nSPS) is 11.5. The van der Waals surface area contributed by atoms with Crippen molar-refractivity contribution in [2.75, 3.05) is 5.32 Å². The van der Waals surface area contributed by atoms with Gasteiger partial charge in [0, 0.05) is 11.5 Å². The van der Waals surface area contributed by atoms with Gasteiger partial charge in [0.15, 0.2) is 0 Å². The SMILES string of the molecule is CC(C)(C)c1nc(Cl)cc(Nc2c(Cl)cccc2Cl)n1. The molecule has 0 amide bonds. The Labute approximate surface area is 133 Å². The topological polar surface area (TPSA) is 37.8 Å². The van der Waals surface area contributed by atoms with Crippen molar-refractivity contribution < 1.29 is 0 Å². The Morgan fingerprint density at radius 2 is 1.60 bits per heavy atom. The number of aromatic nitrogens is 2. The Morgan fingerprint density at radius 1 is 1.00 bits per heavy atom. The summed E-state index contributed by atoms with van der Waals surface area (Å²) in [5.41, 5.74) is 0.400. The second kappa shape index (κ2) is 5.76. The van der Waals surface area contributed by atoms with Crippen molar-refractivity contribution in [1.82, 2.24) is 9.97 Å². The number of halogens is 3. The quantitative estimate of drug-likeness (QED) is 0.741. The monoisotopic (exact) mass is 329 g/mol. The molecule has 20 heavy (non-hydrogen) atoms. The fourth-order valence-electron chi connectivity index (χ4n) is 1.56. The van der Waals surface area contributed by atoms with E-state index in [1.165, 1.54) is 0 Å². The highest BCUT2D eigenvalue weighted by molar-refractivity contribution is 6.39. The van der Waals surface area contributed by atoms with Crippen molar-refractivity contribution in [3.05, 3.63) is 45.3 Å². The van der Waals surface area contributed by atoms with Crippen LogP contribution in [0.15, 0.2) is 24.3 Å². The summed E-state index contributed by atoms with van der Waals surface area (Å²) >= 11 is 18.3. The van der Waals surface area contributed by atoms with Gasteiger partial charge in [-0.2, -0.15) is 0 Å². The molecule has 3 nitrogen and oxygen atoms in total. The predicted octanol–water partition coefficient (Wildman–Crippen LogP) is 5.48. The first-order valence-electron chi connectivity index (χ1n) is 6.03. The lowest BCUT2D eigenvalue weighted by molar-refractivity contribution is 0.546. The maximum Gasteiger partial charge on any atom is 0.137 e. The highest BCUT2D eigenvalue weighted by atomic mass is 35.5. The second-order valence-electron chi connectivity index (χ2n) is 5.37. The summed E-state index contributed by atoms with van der Waals surface area (Å²) in [6.45, 7) is 6.06. The van der Waals surface area contributed by atoms with Gasteiger partial charge in [0.2, 0.25) is 0 Å². The van der Waals surface area contributed by atoms with E-state index in [1.54, 1.807) is 24.3 Å². The van der Waals surface area contributed by atoms with E-state index in [0.717, 1.165) is 0 Å². The predicted molar refractivity (Wildman–Crippen MR) is 85.5 cm³/mol. The Morgan fingerprint density at radius 3 is 2.15 bits per heavy atom. The molecule has 1 heterocycles. The molecular weight excluding hydrogens is 317 g/mol. The van der Waals surface area contributed by atoms with Gasteiger partial charge in [0.25, 0.3) is 0 Å². The molecule has 0 unspecified atom stereocenters. The second-order valence-corrected chi connectivity index (χ2v) is 6.57. The first-order chi connectivity index (χ1) is 9.27. The van der Waals surface area contributed by atoms with Crippen molar-refractivity contribution in [3.63, 3.8) is 0 Å². The molecule has 6 heteroatoms. The summed E-state index contributed by atoms with van der Waals surface area (Å²) in [6, 6.07) is 6.92. The molecule has 0 aliphatic rings. The molecule has 0 aliphatic carbocycles. The third-order valence-electron chi connectivity index (χ3n) is 2.58. The number of rotatable bonds is 2. The first-order valence-corrected chi connectivity index (χ1v) is 7.17. The zero-order valence-corrected chi connectivity index (χ0v) is 13.6. The third kappa shape index (κ3) is 3.54. The zero-order chi connectivity index (χ0) is 14.9. The van der Waals surface area contributed by atoms with Crippen LogP contribution in [0.4, 0.5) is 11.5 Å². The lowest BCUT2D eigenvalue weighted by atomic mass is 9.96. The summed E-state index contributed by atoms with van der Waals surface area (Å²) < 4.78 is 0. The van der Waals surface area contributed by atoms with Gasteiger partial charge in [0.05, 0.1) is 15.7 Å². The molecule has 0 spiro atoms. The van der Waals surface area contributed by atoms with Crippen LogP contribution in [-0.2, 0) is 5.41 Å². The van der Waals surface area contributed by atoms with Crippen LogP contribution in [-0.4, -0.2) is 9.97 Å². The standard InChI is InChI=1S/C14H14Cl3N3/c1-14(2,3)13-18-10(17)7-11(20-13)19-12-8(15)5-4-6-9(12)16/h4-7H,1-3H3,(H,18,19,20). The van der Waals surface area contributed by atoms with Gasteiger partial charge >= 0.3 is 0 Å². The maximum absolute atomic E-state index is 6.13. The molecule has 0 aliphatic heterocycles. The van der Waals surface area contributed by atoms with Crippen molar-refractivity contribution >= 4 is 46.3 Å². The van der Waals surface area contributed by atoms with E-state index in [-0.39, 0.29) is 5.41 Å². The first kappa shape index (κ1) is 15.4. The fourth-order valence-corrected chi connectivity index (χ4v) is 2.24. The summed E-state index contributed by atoms with van der Waals surface area (Å²) in [5, 5.41) is 4.50. The summed E-state index contributed by atoms with van der Waals surface area (Å²) in [5.74, 6) is 1.21. The highest BCUT2D eigenvalue weighted by Crippen LogP contribution is 2.33. The van der Waals surface area contributed by atoms with Gasteiger partial charge in [-0.05, 0) is 12.1 Å². The smallest absolute Gasteiger partial charge is 0.137 e. The molecular formula is C14H14Cl3N3. The van der Waals surface area contributed by atoms with Crippen molar-refractivity contribution in [1.29, 1.82) is 0 Å². The minimum Gasteiger partial charge on any atom is -0.338 e. The van der Waals surface area contributed by atoms with E-state index < -0.39 is 0 Å². The average Bonchev–Trinajstić information content (AvgIpc) is 2.32. The Hall–Kier alpha value is -1.03. The minimum atomic E-state index is -0.203. The van der Waals surface area contributed by atoms with Crippen molar-refractivity contribution in [2.24, 2.45) is 0 Å². The molecule has 0 bridgehead atoms. The third-order valence-corrected chi connectivity index (χ3v) is 3.41. The minimum absolute atomic E-state index is 0.203. The summed E-state index contributed by atoms with van der Waals surface area (Å²) in [4.78, 5) is 8.70. The Kier molecular flexibility index (Phi) is 4.43. The van der Waals surface area contributed by atoms with Crippen LogP contribution >= 0.6 is 34.8 Å². The number of hydrogen-bond acceptors (Lipinski definition) is 3. The van der Waals surface area contributed by atoms with Gasteiger partial charge in [-0.15, -0.1) is 0 Å². The van der Waals surface area contributed by atoms with Crippen LogP contribution in [0.5, 0.6) is 0 Å². The number of anilines is 2. The number of hydrogen-bond donors (Lipinski definition) is 1. The van der Waals surface area contributed by atoms with Gasteiger partial charge in [-0.3, -0.25) is 0 Å². The van der Waals surface area contributed by atoms with E-state index in [2.05, 4.69) is 15.3 Å². The lowest BCUT2D eigenvalue weighted by Gasteiger charge is -2.18. The van der Waals surface area contributed by atoms with Gasteiger partial charge < -0.3 is 5.32 Å². The largest absolute Gasteiger partial charge is 0.338 e. The molecule has 106 valence electrons. The van der Waals surface area contributed by atoms with Crippen molar-refractivity contribution in [3.8, 4) is 0 Å². The number of nitrogens with zero attached hydrogens (tertiary/aromatic N) is 2.